The van der Waals surface area contributed by atoms with E-state index in [9.17, 15) is 8.42 Å². The number of nitrogens with one attached hydrogen (secondary N) is 1. The smallest absolute Gasteiger partial charge is 0.232 e. The Labute approximate surface area is 209 Å². The van der Waals surface area contributed by atoms with Gasteiger partial charge in [0, 0.05) is 38.5 Å². The number of aromatic nitrogens is 5. The molecule has 0 spiro atoms. The van der Waals surface area contributed by atoms with Gasteiger partial charge < -0.3 is 15.8 Å². The highest BCUT2D eigenvalue weighted by molar-refractivity contribution is 7.92. The van der Waals surface area contributed by atoms with Crippen LogP contribution in [-0.4, -0.2) is 52.6 Å². The fourth-order valence-corrected chi connectivity index (χ4v) is 5.04. The molecule has 0 bridgehead atoms. The number of ether oxygens (including phenoxy) is 1. The van der Waals surface area contributed by atoms with Crippen LogP contribution < -0.4 is 15.4 Å². The molecule has 0 saturated carbocycles. The third kappa shape index (κ3) is 4.49. The summed E-state index contributed by atoms with van der Waals surface area (Å²) in [5, 5.41) is 7.60. The van der Waals surface area contributed by atoms with Crippen molar-refractivity contribution in [1.82, 2.24) is 24.3 Å². The molecule has 4 aromatic rings. The van der Waals surface area contributed by atoms with Crippen LogP contribution in [0.4, 0.5) is 22.9 Å². The molecule has 190 valence electrons. The molecular weight excluding hydrogens is 480 g/mol. The van der Waals surface area contributed by atoms with Crippen LogP contribution in [0.5, 0.6) is 0 Å². The monoisotopic (exact) mass is 510 g/mol. The van der Waals surface area contributed by atoms with Crippen molar-refractivity contribution in [2.45, 2.75) is 32.4 Å². The average molecular weight is 511 g/mol. The lowest BCUT2D eigenvalue weighted by Gasteiger charge is -2.25. The van der Waals surface area contributed by atoms with Crippen LogP contribution in [0.25, 0.3) is 22.3 Å². The van der Waals surface area contributed by atoms with Gasteiger partial charge in [0.05, 0.1) is 29.5 Å². The van der Waals surface area contributed by atoms with Crippen molar-refractivity contribution in [3.05, 3.63) is 42.5 Å². The van der Waals surface area contributed by atoms with Gasteiger partial charge in [0.15, 0.2) is 5.65 Å². The third-order valence-electron chi connectivity index (χ3n) is 6.43. The summed E-state index contributed by atoms with van der Waals surface area (Å²) in [7, 11) is -0.172. The number of pyridine rings is 1. The second kappa shape index (κ2) is 9.10. The summed E-state index contributed by atoms with van der Waals surface area (Å²) in [6.07, 6.45) is 7.63. The van der Waals surface area contributed by atoms with Crippen LogP contribution in [0.1, 0.15) is 31.3 Å². The predicted octanol–water partition coefficient (Wildman–Crippen LogP) is 3.56. The van der Waals surface area contributed by atoms with Gasteiger partial charge in [0.2, 0.25) is 10.0 Å². The van der Waals surface area contributed by atoms with Crippen molar-refractivity contribution in [1.29, 1.82) is 0 Å². The molecule has 0 amide bonds. The predicted molar refractivity (Wildman–Crippen MR) is 141 cm³/mol. The van der Waals surface area contributed by atoms with Crippen LogP contribution in [0.3, 0.4) is 0 Å². The quantitative estimate of drug-likeness (QED) is 0.402. The Morgan fingerprint density at radius 2 is 1.97 bits per heavy atom. The van der Waals surface area contributed by atoms with E-state index in [1.54, 1.807) is 16.9 Å². The van der Waals surface area contributed by atoms with Crippen molar-refractivity contribution in [3.8, 4) is 11.1 Å². The largest absolute Gasteiger partial charge is 0.384 e. The maximum atomic E-state index is 12.5. The first-order valence-electron chi connectivity index (χ1n) is 11.7. The van der Waals surface area contributed by atoms with Gasteiger partial charge in [-0.05, 0) is 43.9 Å². The van der Waals surface area contributed by atoms with Crippen LogP contribution in [0, 0.1) is 6.92 Å². The normalized spacial score (nSPS) is 16.4. The summed E-state index contributed by atoms with van der Waals surface area (Å²) in [6, 6.07) is 7.29. The highest BCUT2D eigenvalue weighted by Crippen LogP contribution is 2.37. The maximum absolute atomic E-state index is 12.5. The van der Waals surface area contributed by atoms with Crippen molar-refractivity contribution in [3.63, 3.8) is 0 Å². The Morgan fingerprint density at radius 3 is 2.64 bits per heavy atom. The van der Waals surface area contributed by atoms with Crippen LogP contribution >= 0.6 is 0 Å². The molecule has 1 aliphatic rings. The number of aryl methyl sites for hydroxylation is 2. The van der Waals surface area contributed by atoms with E-state index in [1.165, 1.54) is 17.6 Å². The first-order valence-corrected chi connectivity index (χ1v) is 13.6. The van der Waals surface area contributed by atoms with Gasteiger partial charge in [0.25, 0.3) is 0 Å². The molecule has 3 N–H and O–H groups in total. The van der Waals surface area contributed by atoms with E-state index in [-0.39, 0.29) is 6.23 Å². The molecule has 36 heavy (non-hydrogen) atoms. The number of nitrogens with zero attached hydrogens (tertiary/aromatic N) is 6. The highest BCUT2D eigenvalue weighted by atomic mass is 32.2. The number of benzene rings is 1. The Morgan fingerprint density at radius 1 is 1.17 bits per heavy atom. The minimum atomic E-state index is -3.53. The SMILES string of the molecule is Cc1nc2c(Nc3ccc(-c4cnn(C)c4)cc3N(C)S(C)(=O)=O)cc(N)nc2n1C1CCCCO1. The molecule has 0 radical (unpaired) electrons. The summed E-state index contributed by atoms with van der Waals surface area (Å²) >= 11 is 0. The summed E-state index contributed by atoms with van der Waals surface area (Å²) < 4.78 is 35.9. The lowest BCUT2D eigenvalue weighted by Crippen LogP contribution is -2.25. The number of imidazole rings is 1. The van der Waals surface area contributed by atoms with E-state index in [4.69, 9.17) is 15.5 Å². The van der Waals surface area contributed by atoms with E-state index >= 15 is 0 Å². The van der Waals surface area contributed by atoms with Crippen molar-refractivity contribution in [2.24, 2.45) is 7.05 Å². The molecular formula is C24H30N8O3S. The van der Waals surface area contributed by atoms with Gasteiger partial charge >= 0.3 is 0 Å². The molecule has 5 rings (SSSR count). The van der Waals surface area contributed by atoms with Crippen molar-refractivity contribution >= 4 is 44.1 Å². The standard InChI is InChI=1S/C24H30N8O3S/c1-15-27-23-19(12-21(25)29-24(23)32(15)22-7-5-6-10-35-22)28-18-9-8-16(17-13-26-30(2)14-17)11-20(18)31(3)36(4,33)34/h8-9,11-14,22H,5-7,10H2,1-4H3,(H3,25,28,29). The molecule has 3 aromatic heterocycles. The number of hydrogen-bond acceptors (Lipinski definition) is 8. The number of rotatable bonds is 6. The zero-order valence-electron chi connectivity index (χ0n) is 20.8. The van der Waals surface area contributed by atoms with Gasteiger partial charge in [-0.2, -0.15) is 5.10 Å². The zero-order valence-corrected chi connectivity index (χ0v) is 21.6. The third-order valence-corrected chi connectivity index (χ3v) is 7.62. The van der Waals surface area contributed by atoms with Crippen molar-refractivity contribution < 1.29 is 13.2 Å². The Kier molecular flexibility index (Phi) is 6.08. The minimum absolute atomic E-state index is 0.142. The molecule has 1 saturated heterocycles. The Bertz CT molecular complexity index is 1540. The lowest BCUT2D eigenvalue weighted by atomic mass is 10.1. The summed E-state index contributed by atoms with van der Waals surface area (Å²) in [6.45, 7) is 2.62. The molecule has 1 atom stereocenters. The topological polar surface area (TPSA) is 133 Å². The molecule has 1 unspecified atom stereocenters. The average Bonchev–Trinajstić information content (AvgIpc) is 3.41. The maximum Gasteiger partial charge on any atom is 0.232 e. The summed E-state index contributed by atoms with van der Waals surface area (Å²) in [5.41, 5.74) is 10.9. The molecule has 12 heteroatoms. The molecule has 11 nitrogen and oxygen atoms in total. The number of fused-ring (bicyclic) bond motifs is 1. The summed E-state index contributed by atoms with van der Waals surface area (Å²) in [5.74, 6) is 1.10. The minimum Gasteiger partial charge on any atom is -0.384 e. The Balaban J connectivity index is 1.61. The number of hydrogen-bond donors (Lipinski definition) is 2. The van der Waals surface area contributed by atoms with Crippen LogP contribution in [0.2, 0.25) is 0 Å². The fraction of sp³-hybridized carbons (Fsp3) is 0.375. The van der Waals surface area contributed by atoms with Gasteiger partial charge in [-0.15, -0.1) is 0 Å². The number of nitrogens with two attached hydrogens (primary N) is 1. The highest BCUT2D eigenvalue weighted by Gasteiger charge is 2.24. The zero-order chi connectivity index (χ0) is 25.6. The van der Waals surface area contributed by atoms with E-state index in [0.29, 0.717) is 40.7 Å². The Hall–Kier alpha value is -3.64. The first kappa shape index (κ1) is 24.1. The fourth-order valence-electron chi connectivity index (χ4n) is 4.53. The van der Waals surface area contributed by atoms with Crippen LogP contribution in [0.15, 0.2) is 36.7 Å². The second-order valence-electron chi connectivity index (χ2n) is 9.11. The van der Waals surface area contributed by atoms with Crippen molar-refractivity contribution in [2.75, 3.05) is 35.3 Å². The molecule has 1 aromatic carbocycles. The molecule has 1 aliphatic heterocycles. The van der Waals surface area contributed by atoms with E-state index in [0.717, 1.165) is 36.2 Å². The van der Waals surface area contributed by atoms with Gasteiger partial charge in [0.1, 0.15) is 23.4 Å². The molecule has 0 aliphatic carbocycles. The van der Waals surface area contributed by atoms with Crippen LogP contribution in [-0.2, 0) is 21.8 Å². The number of nitrogen functional groups attached to an aromatic ring is 1. The molecule has 4 heterocycles. The lowest BCUT2D eigenvalue weighted by molar-refractivity contribution is -0.0308. The molecule has 1 fully saturated rings. The van der Waals surface area contributed by atoms with Gasteiger partial charge in [-0.1, -0.05) is 6.07 Å². The second-order valence-corrected chi connectivity index (χ2v) is 11.1. The first-order chi connectivity index (χ1) is 17.1. The van der Waals surface area contributed by atoms with E-state index in [2.05, 4.69) is 15.4 Å². The van der Waals surface area contributed by atoms with E-state index < -0.39 is 10.0 Å². The van der Waals surface area contributed by atoms with E-state index in [1.807, 2.05) is 42.9 Å². The number of anilines is 4. The summed E-state index contributed by atoms with van der Waals surface area (Å²) in [4.78, 5) is 9.35. The number of sulfonamides is 1. The van der Waals surface area contributed by atoms with Gasteiger partial charge in [-0.3, -0.25) is 13.6 Å². The van der Waals surface area contributed by atoms with Gasteiger partial charge in [-0.25, -0.2) is 18.4 Å².